The van der Waals surface area contributed by atoms with Gasteiger partial charge in [0.1, 0.15) is 5.75 Å². The van der Waals surface area contributed by atoms with Crippen molar-refractivity contribution in [2.24, 2.45) is 5.92 Å². The van der Waals surface area contributed by atoms with Crippen LogP contribution < -0.4 is 10.1 Å². The van der Waals surface area contributed by atoms with Crippen LogP contribution in [0.5, 0.6) is 5.75 Å². The lowest BCUT2D eigenvalue weighted by Gasteiger charge is -2.28. The van der Waals surface area contributed by atoms with E-state index in [1.54, 1.807) is 0 Å². The van der Waals surface area contributed by atoms with Crippen LogP contribution in [-0.4, -0.2) is 44.1 Å². The predicted molar refractivity (Wildman–Crippen MR) is 89.3 cm³/mol. The molecule has 122 valence electrons. The van der Waals surface area contributed by atoms with Crippen molar-refractivity contribution in [1.82, 2.24) is 10.2 Å². The van der Waals surface area contributed by atoms with Crippen molar-refractivity contribution in [2.45, 2.75) is 33.1 Å². The summed E-state index contributed by atoms with van der Waals surface area (Å²) in [5, 5.41) is 2.97. The zero-order chi connectivity index (χ0) is 15.9. The number of rotatable bonds is 6. The number of carbonyl (C=O) groups is 1. The second-order valence-corrected chi connectivity index (χ2v) is 6.44. The van der Waals surface area contributed by atoms with Gasteiger partial charge in [0.15, 0.2) is 6.61 Å². The van der Waals surface area contributed by atoms with Crippen LogP contribution in [-0.2, 0) is 4.79 Å². The molecular weight excluding hydrogens is 276 g/mol. The molecule has 1 saturated heterocycles. The average molecular weight is 304 g/mol. The highest BCUT2D eigenvalue weighted by Crippen LogP contribution is 2.19. The predicted octanol–water partition coefficient (Wildman–Crippen LogP) is 2.53. The molecule has 1 aromatic rings. The van der Waals surface area contributed by atoms with E-state index in [4.69, 9.17) is 4.74 Å². The first kappa shape index (κ1) is 16.8. The Kier molecular flexibility index (Phi) is 6.25. The zero-order valence-corrected chi connectivity index (χ0v) is 14.0. The van der Waals surface area contributed by atoms with E-state index >= 15 is 0 Å². The molecule has 4 heteroatoms. The Bertz CT molecular complexity index is 494. The Morgan fingerprint density at radius 2 is 2.05 bits per heavy atom. The number of nitrogens with zero attached hydrogens (tertiary/aromatic N) is 1. The molecule has 0 atom stereocenters. The average Bonchev–Trinajstić information content (AvgIpc) is 2.50. The monoisotopic (exact) mass is 304 g/mol. The molecule has 22 heavy (non-hydrogen) atoms. The molecule has 2 rings (SSSR count). The first-order valence-corrected chi connectivity index (χ1v) is 8.20. The van der Waals surface area contributed by atoms with Crippen LogP contribution in [0.2, 0.25) is 0 Å². The maximum Gasteiger partial charge on any atom is 0.257 e. The molecule has 0 aliphatic carbocycles. The first-order valence-electron chi connectivity index (χ1n) is 8.20. The van der Waals surface area contributed by atoms with E-state index in [0.717, 1.165) is 35.8 Å². The summed E-state index contributed by atoms with van der Waals surface area (Å²) in [4.78, 5) is 14.2. The molecular formula is C18H28N2O2. The number of carbonyl (C=O) groups excluding carboxylic acids is 1. The van der Waals surface area contributed by atoms with E-state index in [1.165, 1.54) is 25.9 Å². The highest BCUT2D eigenvalue weighted by Gasteiger charge is 2.16. The summed E-state index contributed by atoms with van der Waals surface area (Å²) in [6.45, 7) is 7.21. The fraction of sp³-hybridized carbons (Fsp3) is 0.611. The molecule has 0 saturated carbocycles. The third kappa shape index (κ3) is 5.34. The van der Waals surface area contributed by atoms with Gasteiger partial charge in [0, 0.05) is 6.54 Å². The van der Waals surface area contributed by atoms with Gasteiger partial charge in [0.25, 0.3) is 5.91 Å². The third-order valence-corrected chi connectivity index (χ3v) is 4.42. The van der Waals surface area contributed by atoms with Crippen LogP contribution in [0, 0.1) is 19.8 Å². The summed E-state index contributed by atoms with van der Waals surface area (Å²) in [5.74, 6) is 1.51. The quantitative estimate of drug-likeness (QED) is 0.878. The Balaban J connectivity index is 1.64. The number of hydrogen-bond donors (Lipinski definition) is 1. The van der Waals surface area contributed by atoms with Crippen molar-refractivity contribution >= 4 is 5.91 Å². The molecule has 0 unspecified atom stereocenters. The molecule has 1 fully saturated rings. The molecule has 1 aliphatic rings. The SMILES string of the molecule is Cc1ccc(C)c(OCC(=O)NCCC2CCN(C)CC2)c1. The summed E-state index contributed by atoms with van der Waals surface area (Å²) >= 11 is 0. The summed E-state index contributed by atoms with van der Waals surface area (Å²) in [7, 11) is 2.17. The van der Waals surface area contributed by atoms with Gasteiger partial charge >= 0.3 is 0 Å². The Morgan fingerprint density at radius 1 is 1.32 bits per heavy atom. The molecule has 1 aromatic carbocycles. The minimum atomic E-state index is -0.0335. The van der Waals surface area contributed by atoms with Crippen molar-refractivity contribution in [1.29, 1.82) is 0 Å². The Morgan fingerprint density at radius 3 is 2.77 bits per heavy atom. The van der Waals surface area contributed by atoms with Gasteiger partial charge in [-0.1, -0.05) is 12.1 Å². The van der Waals surface area contributed by atoms with Crippen molar-refractivity contribution in [3.05, 3.63) is 29.3 Å². The van der Waals surface area contributed by atoms with Gasteiger partial charge in [-0.3, -0.25) is 4.79 Å². The van der Waals surface area contributed by atoms with Crippen LogP contribution in [0.3, 0.4) is 0 Å². The number of nitrogens with one attached hydrogen (secondary N) is 1. The molecule has 0 spiro atoms. The molecule has 1 heterocycles. The van der Waals surface area contributed by atoms with E-state index < -0.39 is 0 Å². The smallest absolute Gasteiger partial charge is 0.257 e. The molecule has 1 aliphatic heterocycles. The molecule has 4 nitrogen and oxygen atoms in total. The summed E-state index contributed by atoms with van der Waals surface area (Å²) in [5.41, 5.74) is 2.20. The fourth-order valence-electron chi connectivity index (χ4n) is 2.82. The number of likely N-dealkylation sites (tertiary alicyclic amines) is 1. The molecule has 0 aromatic heterocycles. The van der Waals surface area contributed by atoms with Gasteiger partial charge in [0.05, 0.1) is 0 Å². The third-order valence-electron chi connectivity index (χ3n) is 4.42. The lowest BCUT2D eigenvalue weighted by atomic mass is 9.94. The van der Waals surface area contributed by atoms with Gasteiger partial charge in [-0.05, 0) is 76.4 Å². The van der Waals surface area contributed by atoms with E-state index in [1.807, 2.05) is 32.0 Å². The van der Waals surface area contributed by atoms with Crippen LogP contribution >= 0.6 is 0 Å². The van der Waals surface area contributed by atoms with Gasteiger partial charge in [-0.25, -0.2) is 0 Å². The highest BCUT2D eigenvalue weighted by molar-refractivity contribution is 5.77. The standard InChI is InChI=1S/C18H28N2O2/c1-14-4-5-15(2)17(12-14)22-13-18(21)19-9-6-16-7-10-20(3)11-8-16/h4-5,12,16H,6-11,13H2,1-3H3,(H,19,21). The number of aryl methyl sites for hydroxylation is 2. The number of benzene rings is 1. The van der Waals surface area contributed by atoms with Gasteiger partial charge < -0.3 is 15.0 Å². The molecule has 1 amide bonds. The van der Waals surface area contributed by atoms with E-state index in [-0.39, 0.29) is 12.5 Å². The number of ether oxygens (including phenoxy) is 1. The lowest BCUT2D eigenvalue weighted by Crippen LogP contribution is -2.34. The van der Waals surface area contributed by atoms with Crippen LogP contribution in [0.4, 0.5) is 0 Å². The minimum absolute atomic E-state index is 0.0335. The second kappa shape index (κ2) is 8.18. The summed E-state index contributed by atoms with van der Waals surface area (Å²) in [6, 6.07) is 6.04. The summed E-state index contributed by atoms with van der Waals surface area (Å²) < 4.78 is 5.62. The maximum absolute atomic E-state index is 11.9. The van der Waals surface area contributed by atoms with Gasteiger partial charge in [-0.15, -0.1) is 0 Å². The Hall–Kier alpha value is -1.55. The molecule has 0 bridgehead atoms. The van der Waals surface area contributed by atoms with E-state index in [9.17, 15) is 4.79 Å². The molecule has 0 radical (unpaired) electrons. The largest absolute Gasteiger partial charge is 0.483 e. The van der Waals surface area contributed by atoms with Crippen LogP contribution in [0.1, 0.15) is 30.4 Å². The van der Waals surface area contributed by atoms with Crippen molar-refractivity contribution in [3.63, 3.8) is 0 Å². The number of piperidine rings is 1. The Labute approximate surface area is 133 Å². The topological polar surface area (TPSA) is 41.6 Å². The van der Waals surface area contributed by atoms with Crippen LogP contribution in [0.15, 0.2) is 18.2 Å². The lowest BCUT2D eigenvalue weighted by molar-refractivity contribution is -0.123. The maximum atomic E-state index is 11.9. The second-order valence-electron chi connectivity index (χ2n) is 6.44. The zero-order valence-electron chi connectivity index (χ0n) is 14.0. The van der Waals surface area contributed by atoms with Gasteiger partial charge in [0.2, 0.25) is 0 Å². The molecule has 1 N–H and O–H groups in total. The number of amides is 1. The van der Waals surface area contributed by atoms with Crippen molar-refractivity contribution in [3.8, 4) is 5.75 Å². The highest BCUT2D eigenvalue weighted by atomic mass is 16.5. The van der Waals surface area contributed by atoms with Gasteiger partial charge in [-0.2, -0.15) is 0 Å². The van der Waals surface area contributed by atoms with E-state index in [0.29, 0.717) is 0 Å². The van der Waals surface area contributed by atoms with Crippen molar-refractivity contribution < 1.29 is 9.53 Å². The summed E-state index contributed by atoms with van der Waals surface area (Å²) in [6.07, 6.45) is 3.56. The van der Waals surface area contributed by atoms with E-state index in [2.05, 4.69) is 17.3 Å². The van der Waals surface area contributed by atoms with Crippen molar-refractivity contribution in [2.75, 3.05) is 33.3 Å². The van der Waals surface area contributed by atoms with Crippen LogP contribution in [0.25, 0.3) is 0 Å². The normalized spacial score (nSPS) is 16.5. The first-order chi connectivity index (χ1) is 10.5. The minimum Gasteiger partial charge on any atom is -0.483 e. The fourth-order valence-corrected chi connectivity index (χ4v) is 2.82. The number of hydrogen-bond acceptors (Lipinski definition) is 3.